The summed E-state index contributed by atoms with van der Waals surface area (Å²) < 4.78 is 29.3. The minimum atomic E-state index is -3.67. The predicted octanol–water partition coefficient (Wildman–Crippen LogP) is 3.76. The summed E-state index contributed by atoms with van der Waals surface area (Å²) in [5.74, 6) is -6.13. The van der Waals surface area contributed by atoms with Crippen LogP contribution in [0.1, 0.15) is 51.2 Å². The Hall–Kier alpha value is -2.65. The molecule has 1 saturated heterocycles. The van der Waals surface area contributed by atoms with E-state index in [-0.39, 0.29) is 42.6 Å². The van der Waals surface area contributed by atoms with Crippen LogP contribution in [-0.4, -0.2) is 34.4 Å². The lowest BCUT2D eigenvalue weighted by Gasteiger charge is -2.29. The van der Waals surface area contributed by atoms with Crippen LogP contribution < -0.4 is 5.32 Å². The van der Waals surface area contributed by atoms with Crippen LogP contribution in [0.15, 0.2) is 23.6 Å². The van der Waals surface area contributed by atoms with Gasteiger partial charge in [0.1, 0.15) is 6.04 Å². The highest BCUT2D eigenvalue weighted by atomic mass is 35.5. The number of aryl methyl sites for hydroxylation is 2. The summed E-state index contributed by atoms with van der Waals surface area (Å²) in [4.78, 5) is 50.7. The second-order valence-corrected chi connectivity index (χ2v) is 9.28. The minimum Gasteiger partial charge on any atom is -0.322 e. The molecule has 6 nitrogen and oxygen atoms in total. The molecule has 2 aromatic rings. The van der Waals surface area contributed by atoms with Crippen molar-refractivity contribution >= 4 is 46.4 Å². The van der Waals surface area contributed by atoms with Gasteiger partial charge in [-0.15, -0.1) is 11.3 Å². The molecule has 0 spiro atoms. The van der Waals surface area contributed by atoms with Crippen molar-refractivity contribution in [1.29, 1.82) is 0 Å². The van der Waals surface area contributed by atoms with Crippen molar-refractivity contribution in [3.05, 3.63) is 55.7 Å². The molecule has 4 rings (SSSR count). The molecule has 2 aliphatic rings. The molecule has 32 heavy (non-hydrogen) atoms. The molecule has 0 bridgehead atoms. The molecule has 1 N–H and O–H groups in total. The summed E-state index contributed by atoms with van der Waals surface area (Å²) in [6, 6.07) is 3.00. The summed E-state index contributed by atoms with van der Waals surface area (Å²) in [5, 5.41) is 4.02. The Morgan fingerprint density at radius 2 is 2.06 bits per heavy atom. The third-order valence-electron chi connectivity index (χ3n) is 5.85. The van der Waals surface area contributed by atoms with Crippen LogP contribution in [-0.2, 0) is 33.3 Å². The van der Waals surface area contributed by atoms with Crippen LogP contribution in [0.3, 0.4) is 0 Å². The molecule has 1 aromatic carbocycles. The maximum atomic E-state index is 14.7. The van der Waals surface area contributed by atoms with E-state index >= 15 is 0 Å². The highest BCUT2D eigenvalue weighted by Gasteiger charge is 2.42. The zero-order valence-electron chi connectivity index (χ0n) is 17.0. The number of carbonyl (C=O) groups excluding carboxylic acids is 4. The lowest BCUT2D eigenvalue weighted by molar-refractivity contribution is -0.144. The van der Waals surface area contributed by atoms with Crippen LogP contribution in [0, 0.1) is 6.92 Å². The van der Waals surface area contributed by atoms with Gasteiger partial charge in [0, 0.05) is 40.2 Å². The van der Waals surface area contributed by atoms with E-state index in [0.717, 1.165) is 6.07 Å². The Balaban J connectivity index is 1.45. The van der Waals surface area contributed by atoms with Gasteiger partial charge in [0.2, 0.25) is 17.6 Å². The largest absolute Gasteiger partial charge is 0.330 e. The summed E-state index contributed by atoms with van der Waals surface area (Å²) in [7, 11) is 0. The van der Waals surface area contributed by atoms with Crippen molar-refractivity contribution in [3.63, 3.8) is 0 Å². The van der Waals surface area contributed by atoms with Crippen LogP contribution in [0.4, 0.5) is 8.78 Å². The monoisotopic (exact) mass is 480 g/mol. The Morgan fingerprint density at radius 3 is 2.75 bits per heavy atom. The fourth-order valence-corrected chi connectivity index (χ4v) is 5.17. The average Bonchev–Trinajstić information content (AvgIpc) is 3.28. The van der Waals surface area contributed by atoms with Gasteiger partial charge in [0.15, 0.2) is 0 Å². The lowest BCUT2D eigenvalue weighted by atomic mass is 9.99. The molecule has 2 aliphatic heterocycles. The van der Waals surface area contributed by atoms with Crippen LogP contribution in [0.25, 0.3) is 0 Å². The molecular formula is C22H19ClF2N2O4S. The first-order chi connectivity index (χ1) is 15.1. The molecule has 1 unspecified atom stereocenters. The minimum absolute atomic E-state index is 0.0600. The van der Waals surface area contributed by atoms with Gasteiger partial charge >= 0.3 is 5.92 Å². The first-order valence-electron chi connectivity index (χ1n) is 10.0. The maximum Gasteiger partial charge on any atom is 0.330 e. The van der Waals surface area contributed by atoms with E-state index in [0.29, 0.717) is 21.6 Å². The van der Waals surface area contributed by atoms with Crippen molar-refractivity contribution < 1.29 is 28.0 Å². The molecule has 3 heterocycles. The number of nitrogens with zero attached hydrogens (tertiary/aromatic N) is 1. The number of piperidine rings is 1. The number of hydrogen-bond acceptors (Lipinski definition) is 5. The molecular weight excluding hydrogens is 462 g/mol. The number of imide groups is 1. The molecule has 1 aromatic heterocycles. The van der Waals surface area contributed by atoms with Crippen molar-refractivity contribution in [3.8, 4) is 0 Å². The predicted molar refractivity (Wildman–Crippen MR) is 114 cm³/mol. The van der Waals surface area contributed by atoms with E-state index in [2.05, 4.69) is 5.32 Å². The Morgan fingerprint density at radius 1 is 1.31 bits per heavy atom. The Kier molecular flexibility index (Phi) is 5.89. The third kappa shape index (κ3) is 3.95. The smallest absolute Gasteiger partial charge is 0.322 e. The van der Waals surface area contributed by atoms with Crippen LogP contribution >= 0.6 is 22.9 Å². The zero-order chi connectivity index (χ0) is 23.2. The summed E-state index contributed by atoms with van der Waals surface area (Å²) in [6.07, 6.45) is 0.0400. The number of rotatable bonds is 6. The van der Waals surface area contributed by atoms with Gasteiger partial charge in [-0.05, 0) is 37.0 Å². The van der Waals surface area contributed by atoms with Gasteiger partial charge < -0.3 is 4.90 Å². The number of ketones is 1. The van der Waals surface area contributed by atoms with Gasteiger partial charge in [0.05, 0.1) is 5.56 Å². The number of hydrogen-bond donors (Lipinski definition) is 1. The third-order valence-corrected chi connectivity index (χ3v) is 7.35. The first-order valence-corrected chi connectivity index (χ1v) is 11.3. The van der Waals surface area contributed by atoms with E-state index in [1.54, 1.807) is 12.3 Å². The standard InChI is InChI=1S/C22H19ClF2N2O4S/c1-11-2-3-12(8-15(11)23)22(24,25)18(28)6-5-17-13-9-27(21(31)14(13)10-32-17)16-4-7-19(29)26-20(16)30/h2-3,8,10,16H,4-7,9H2,1H3,(H,26,29,30). The van der Waals surface area contributed by atoms with E-state index in [1.807, 2.05) is 0 Å². The van der Waals surface area contributed by atoms with Crippen molar-refractivity contribution in [1.82, 2.24) is 10.2 Å². The van der Waals surface area contributed by atoms with Gasteiger partial charge in [0.25, 0.3) is 5.91 Å². The Labute approximate surface area is 191 Å². The number of alkyl halides is 2. The highest BCUT2D eigenvalue weighted by molar-refractivity contribution is 7.10. The first kappa shape index (κ1) is 22.5. The van der Waals surface area contributed by atoms with Gasteiger partial charge in [-0.2, -0.15) is 8.78 Å². The number of Topliss-reactive ketones (excluding diaryl/α,β-unsaturated/α-hetero) is 1. The van der Waals surface area contributed by atoms with Gasteiger partial charge in [-0.3, -0.25) is 24.5 Å². The summed E-state index contributed by atoms with van der Waals surface area (Å²) in [6.45, 7) is 1.83. The number of carbonyl (C=O) groups is 4. The normalized spacial score (nSPS) is 18.7. The van der Waals surface area contributed by atoms with Crippen LogP contribution in [0.2, 0.25) is 5.02 Å². The summed E-state index contributed by atoms with van der Waals surface area (Å²) >= 11 is 7.17. The average molecular weight is 481 g/mol. The molecule has 3 amide bonds. The van der Waals surface area contributed by atoms with Crippen molar-refractivity contribution in [2.45, 2.75) is 51.1 Å². The number of thiophene rings is 1. The number of amides is 3. The molecule has 10 heteroatoms. The van der Waals surface area contributed by atoms with Crippen molar-refractivity contribution in [2.24, 2.45) is 0 Å². The molecule has 0 saturated carbocycles. The van der Waals surface area contributed by atoms with E-state index < -0.39 is 35.6 Å². The van der Waals surface area contributed by atoms with Gasteiger partial charge in [-0.1, -0.05) is 23.7 Å². The lowest BCUT2D eigenvalue weighted by Crippen LogP contribution is -2.52. The van der Waals surface area contributed by atoms with Gasteiger partial charge in [-0.25, -0.2) is 0 Å². The highest BCUT2D eigenvalue weighted by Crippen LogP contribution is 2.36. The maximum absolute atomic E-state index is 14.7. The van der Waals surface area contributed by atoms with E-state index in [9.17, 15) is 28.0 Å². The molecule has 1 fully saturated rings. The fourth-order valence-electron chi connectivity index (χ4n) is 3.95. The van der Waals surface area contributed by atoms with Crippen molar-refractivity contribution in [2.75, 3.05) is 0 Å². The topological polar surface area (TPSA) is 83.6 Å². The zero-order valence-corrected chi connectivity index (χ0v) is 18.6. The Bertz CT molecular complexity index is 1150. The summed E-state index contributed by atoms with van der Waals surface area (Å²) in [5.41, 5.74) is 1.25. The second kappa shape index (κ2) is 8.37. The number of benzene rings is 1. The molecule has 0 aliphatic carbocycles. The second-order valence-electron chi connectivity index (χ2n) is 7.91. The number of halogens is 3. The molecule has 0 radical (unpaired) electrons. The quantitative estimate of drug-likeness (QED) is 0.638. The SMILES string of the molecule is Cc1ccc(C(F)(F)C(=O)CCc2scc3c2CN(C2CCC(=O)NC2=O)C3=O)cc1Cl. The van der Waals surface area contributed by atoms with Crippen LogP contribution in [0.5, 0.6) is 0 Å². The fraction of sp³-hybridized carbons (Fsp3) is 0.364. The van der Waals surface area contributed by atoms with E-state index in [1.165, 1.54) is 28.4 Å². The molecule has 1 atom stereocenters. The molecule has 168 valence electrons. The number of nitrogens with one attached hydrogen (secondary N) is 1. The van der Waals surface area contributed by atoms with E-state index in [4.69, 9.17) is 11.6 Å². The number of fused-ring (bicyclic) bond motifs is 1.